The van der Waals surface area contributed by atoms with Crippen LogP contribution in [0.15, 0.2) is 109 Å². The molecule has 0 radical (unpaired) electrons. The van der Waals surface area contributed by atoms with Crippen molar-refractivity contribution in [1.82, 2.24) is 5.32 Å². The Hall–Kier alpha value is -3.68. The van der Waals surface area contributed by atoms with Crippen molar-refractivity contribution in [3.63, 3.8) is 0 Å². The van der Waals surface area contributed by atoms with Gasteiger partial charge in [-0.2, -0.15) is 0 Å². The normalized spacial score (nSPS) is 19.6. The first kappa shape index (κ1) is 73.3. The lowest BCUT2D eigenvalue weighted by atomic mass is 9.99. The van der Waals surface area contributed by atoms with Gasteiger partial charge < -0.3 is 45.1 Å². The molecule has 0 aromatic carbocycles. The lowest BCUT2D eigenvalue weighted by Crippen LogP contribution is -2.61. The number of esters is 1. The van der Waals surface area contributed by atoms with E-state index in [1.165, 1.54) is 57.8 Å². The van der Waals surface area contributed by atoms with Gasteiger partial charge in [0.1, 0.15) is 24.4 Å². The molecule has 1 aliphatic rings. The van der Waals surface area contributed by atoms with E-state index in [0.29, 0.717) is 12.8 Å². The molecule has 0 spiro atoms. The van der Waals surface area contributed by atoms with Crippen molar-refractivity contribution < 1.29 is 49.3 Å². The van der Waals surface area contributed by atoms with E-state index in [1.54, 1.807) is 6.08 Å². The first-order chi connectivity index (χ1) is 38.7. The lowest BCUT2D eigenvalue weighted by Gasteiger charge is -2.41. The number of ether oxygens (including phenoxy) is 3. The minimum Gasteiger partial charge on any atom is -0.454 e. The highest BCUT2D eigenvalue weighted by Gasteiger charge is 2.47. The lowest BCUT2D eigenvalue weighted by molar-refractivity contribution is -0.305. The molecule has 8 atom stereocenters. The average Bonchev–Trinajstić information content (AvgIpc) is 3.44. The third kappa shape index (κ3) is 42.8. The third-order valence-electron chi connectivity index (χ3n) is 14.2. The number of unbranched alkanes of at least 4 members (excludes halogenated alkanes) is 23. The first-order valence-electron chi connectivity index (χ1n) is 31.7. The zero-order chi connectivity index (χ0) is 57.5. The van der Waals surface area contributed by atoms with Gasteiger partial charge in [0, 0.05) is 6.42 Å². The Bertz CT molecular complexity index is 1700. The van der Waals surface area contributed by atoms with E-state index in [2.05, 4.69) is 123 Å². The summed E-state index contributed by atoms with van der Waals surface area (Å²) >= 11 is 0. The van der Waals surface area contributed by atoms with Gasteiger partial charge in [-0.05, 0) is 103 Å². The largest absolute Gasteiger partial charge is 0.454 e. The minimum atomic E-state index is -1.63. The van der Waals surface area contributed by atoms with Gasteiger partial charge in [-0.25, -0.2) is 0 Å². The van der Waals surface area contributed by atoms with Crippen LogP contribution in [0.3, 0.4) is 0 Å². The van der Waals surface area contributed by atoms with Crippen molar-refractivity contribution in [3.8, 4) is 0 Å². The van der Waals surface area contributed by atoms with Gasteiger partial charge in [-0.1, -0.05) is 246 Å². The number of aliphatic hydroxyl groups excluding tert-OH is 5. The SMILES string of the molecule is CC/C=C\C/C=C\C/C=C\C/C=C\C/C=C\C/C=C\CCCCCCCC(O)C(=O)NC(COC1OC(CO)C(O)C(O)C1OC(=O)CCCCCCCC/C=C/C=C/CCCCC)C(O)/C=C/CCCCCCCCCCC. The molecule has 0 aromatic heterocycles. The monoisotopic (exact) mass is 1110 g/mol. The number of rotatable bonds is 52. The fourth-order valence-corrected chi connectivity index (χ4v) is 9.17. The fourth-order valence-electron chi connectivity index (χ4n) is 9.17. The van der Waals surface area contributed by atoms with E-state index in [9.17, 15) is 35.1 Å². The number of nitrogens with one attached hydrogen (secondary N) is 1. The van der Waals surface area contributed by atoms with Gasteiger partial charge in [-0.3, -0.25) is 9.59 Å². The van der Waals surface area contributed by atoms with Gasteiger partial charge in [0.2, 0.25) is 5.91 Å². The molecule has 79 heavy (non-hydrogen) atoms. The number of allylic oxidation sites excluding steroid dienone is 17. The maximum atomic E-state index is 13.4. The van der Waals surface area contributed by atoms with Gasteiger partial charge in [0.25, 0.3) is 0 Å². The standard InChI is InChI=1S/C68H115NO10/c1-4-7-10-13-16-19-22-24-26-27-28-29-30-31-32-33-34-36-37-40-43-46-49-52-55-61(72)67(76)69-59(60(71)54-51-48-45-42-39-21-18-15-12-9-6-3)58-77-68-66(65(75)64(74)62(57-70)78-68)79-63(73)56-53-50-47-44-41-38-35-25-23-20-17-14-11-8-5-2/h7,10,16-17,19-20,23-26,28-29,31-32,34,36,51,54,59-62,64-66,68,70-72,74-75H,4-6,8-9,11-15,18,21-22,27,30,33,35,37-50,52-53,55-58H2,1-3H3,(H,69,76)/b10-7-,19-16-,20-17+,25-23+,26-24-,29-28-,32-31-,36-34-,54-51+. The summed E-state index contributed by atoms with van der Waals surface area (Å²) in [5, 5.41) is 57.0. The molecule has 11 nitrogen and oxygen atoms in total. The second-order valence-electron chi connectivity index (χ2n) is 21.4. The Morgan fingerprint density at radius 2 is 0.949 bits per heavy atom. The Morgan fingerprint density at radius 3 is 1.47 bits per heavy atom. The summed E-state index contributed by atoms with van der Waals surface area (Å²) in [6.07, 6.45) is 64.1. The van der Waals surface area contributed by atoms with Crippen LogP contribution in [0.1, 0.15) is 245 Å². The second kappa shape index (κ2) is 54.9. The molecule has 1 saturated heterocycles. The summed E-state index contributed by atoms with van der Waals surface area (Å²) in [5.41, 5.74) is 0. The zero-order valence-corrected chi connectivity index (χ0v) is 50.0. The Morgan fingerprint density at radius 1 is 0.519 bits per heavy atom. The molecule has 1 heterocycles. The molecule has 1 rings (SSSR count). The van der Waals surface area contributed by atoms with Crippen LogP contribution >= 0.6 is 0 Å². The van der Waals surface area contributed by atoms with Gasteiger partial charge >= 0.3 is 5.97 Å². The van der Waals surface area contributed by atoms with Crippen LogP contribution < -0.4 is 5.32 Å². The molecule has 0 aliphatic carbocycles. The van der Waals surface area contributed by atoms with E-state index >= 15 is 0 Å². The van der Waals surface area contributed by atoms with Crippen LogP contribution in [0, 0.1) is 0 Å². The fraction of sp³-hybridized carbons (Fsp3) is 0.706. The maximum absolute atomic E-state index is 13.4. The third-order valence-corrected chi connectivity index (χ3v) is 14.2. The van der Waals surface area contributed by atoms with Gasteiger partial charge in [0.15, 0.2) is 12.4 Å². The van der Waals surface area contributed by atoms with E-state index < -0.39 is 67.4 Å². The number of carbonyl (C=O) groups is 2. The number of hydrogen-bond donors (Lipinski definition) is 6. The van der Waals surface area contributed by atoms with Gasteiger partial charge in [-0.15, -0.1) is 0 Å². The zero-order valence-electron chi connectivity index (χ0n) is 50.0. The molecule has 1 fully saturated rings. The van der Waals surface area contributed by atoms with Crippen molar-refractivity contribution in [3.05, 3.63) is 109 Å². The van der Waals surface area contributed by atoms with Gasteiger partial charge in [0.05, 0.1) is 25.4 Å². The quantitative estimate of drug-likeness (QED) is 0.0149. The first-order valence-corrected chi connectivity index (χ1v) is 31.7. The second-order valence-corrected chi connectivity index (χ2v) is 21.4. The van der Waals surface area contributed by atoms with Crippen molar-refractivity contribution in [2.75, 3.05) is 13.2 Å². The highest BCUT2D eigenvalue weighted by atomic mass is 16.7. The van der Waals surface area contributed by atoms with E-state index in [4.69, 9.17) is 14.2 Å². The van der Waals surface area contributed by atoms with E-state index in [-0.39, 0.29) is 19.4 Å². The predicted octanol–water partition coefficient (Wildman–Crippen LogP) is 15.3. The highest BCUT2D eigenvalue weighted by Crippen LogP contribution is 2.26. The summed E-state index contributed by atoms with van der Waals surface area (Å²) in [6.45, 7) is 5.61. The van der Waals surface area contributed by atoms with Crippen molar-refractivity contribution in [1.29, 1.82) is 0 Å². The molecule has 0 bridgehead atoms. The number of amides is 1. The van der Waals surface area contributed by atoms with Crippen molar-refractivity contribution >= 4 is 11.9 Å². The summed E-state index contributed by atoms with van der Waals surface area (Å²) in [4.78, 5) is 26.5. The average molecular weight is 1110 g/mol. The molecule has 8 unspecified atom stereocenters. The number of hydrogen-bond acceptors (Lipinski definition) is 10. The summed E-state index contributed by atoms with van der Waals surface area (Å²) in [7, 11) is 0. The molecule has 0 saturated carbocycles. The minimum absolute atomic E-state index is 0.103. The molecule has 1 aliphatic heterocycles. The topological polar surface area (TPSA) is 175 Å². The molecule has 1 amide bonds. The molecule has 452 valence electrons. The van der Waals surface area contributed by atoms with E-state index in [0.717, 1.165) is 141 Å². The van der Waals surface area contributed by atoms with Crippen LogP contribution in [0.2, 0.25) is 0 Å². The molecule has 11 heteroatoms. The maximum Gasteiger partial charge on any atom is 0.306 e. The highest BCUT2D eigenvalue weighted by molar-refractivity contribution is 5.80. The Kier molecular flexibility index (Phi) is 50.9. The summed E-state index contributed by atoms with van der Waals surface area (Å²) < 4.78 is 17.6. The van der Waals surface area contributed by atoms with E-state index in [1.807, 2.05) is 6.08 Å². The molecular formula is C68H115NO10. The van der Waals surface area contributed by atoms with Crippen LogP contribution in [0.4, 0.5) is 0 Å². The smallest absolute Gasteiger partial charge is 0.306 e. The molecule has 6 N–H and O–H groups in total. The predicted molar refractivity (Wildman–Crippen MR) is 328 cm³/mol. The van der Waals surface area contributed by atoms with Crippen LogP contribution in [-0.2, 0) is 23.8 Å². The Labute approximate surface area is 481 Å². The van der Waals surface area contributed by atoms with Crippen LogP contribution in [-0.4, -0.2) is 99.6 Å². The molecule has 0 aromatic rings. The summed E-state index contributed by atoms with van der Waals surface area (Å²) in [6, 6.07) is -1.04. The van der Waals surface area contributed by atoms with Crippen LogP contribution in [0.5, 0.6) is 0 Å². The number of aliphatic hydroxyl groups is 5. The Balaban J connectivity index is 2.66. The van der Waals surface area contributed by atoms with Crippen molar-refractivity contribution in [2.45, 2.75) is 294 Å². The molecular weight excluding hydrogens is 991 g/mol. The van der Waals surface area contributed by atoms with Crippen molar-refractivity contribution in [2.24, 2.45) is 0 Å². The van der Waals surface area contributed by atoms with Crippen LogP contribution in [0.25, 0.3) is 0 Å². The number of carbonyl (C=O) groups excluding carboxylic acids is 2. The summed E-state index contributed by atoms with van der Waals surface area (Å²) in [5.74, 6) is -1.23.